The highest BCUT2D eigenvalue weighted by Gasteiger charge is 2.23. The maximum Gasteiger partial charge on any atom is 0.254 e. The Morgan fingerprint density at radius 2 is 2.00 bits per heavy atom. The molecule has 7 heteroatoms. The van der Waals surface area contributed by atoms with Crippen LogP contribution in [0.25, 0.3) is 0 Å². The molecule has 0 radical (unpaired) electrons. The Bertz CT molecular complexity index is 712. The first-order valence-corrected chi connectivity index (χ1v) is 8.08. The summed E-state index contributed by atoms with van der Waals surface area (Å²) in [6, 6.07) is 8.14. The van der Waals surface area contributed by atoms with Crippen LogP contribution < -0.4 is 5.32 Å². The van der Waals surface area contributed by atoms with Crippen molar-refractivity contribution in [1.29, 1.82) is 0 Å². The van der Waals surface area contributed by atoms with Crippen LogP contribution in [0.1, 0.15) is 36.4 Å². The quantitative estimate of drug-likeness (QED) is 0.865. The van der Waals surface area contributed by atoms with E-state index in [2.05, 4.69) is 10.5 Å². The smallest absolute Gasteiger partial charge is 0.254 e. The molecule has 0 bridgehead atoms. The van der Waals surface area contributed by atoms with E-state index < -0.39 is 0 Å². The number of carbonyl (C=O) groups is 2. The maximum absolute atomic E-state index is 12.7. The first-order chi connectivity index (χ1) is 11.4. The number of nitrogens with one attached hydrogen (secondary N) is 1. The fraction of sp³-hybridized carbons (Fsp3) is 0.353. The van der Waals surface area contributed by atoms with Crippen molar-refractivity contribution >= 4 is 29.2 Å². The zero-order valence-electron chi connectivity index (χ0n) is 13.9. The van der Waals surface area contributed by atoms with Gasteiger partial charge in [0.1, 0.15) is 12.3 Å². The summed E-state index contributed by atoms with van der Waals surface area (Å²) in [5.74, 6) is 0.389. The second kappa shape index (κ2) is 7.97. The Hall–Kier alpha value is -2.34. The Morgan fingerprint density at radius 3 is 2.54 bits per heavy atom. The number of hydrogen-bond acceptors (Lipinski definition) is 4. The predicted molar refractivity (Wildman–Crippen MR) is 92.1 cm³/mol. The second-order valence-electron chi connectivity index (χ2n) is 5.57. The largest absolute Gasteiger partial charge is 0.360 e. The molecule has 6 nitrogen and oxygen atoms in total. The van der Waals surface area contributed by atoms with Crippen LogP contribution in [0, 0.1) is 6.92 Å². The lowest BCUT2D eigenvalue weighted by molar-refractivity contribution is -0.117. The van der Waals surface area contributed by atoms with Crippen molar-refractivity contribution in [3.8, 4) is 0 Å². The number of anilines is 1. The molecule has 0 aliphatic rings. The molecule has 0 spiro atoms. The Labute approximate surface area is 145 Å². The lowest BCUT2D eigenvalue weighted by Crippen LogP contribution is -2.43. The van der Waals surface area contributed by atoms with Crippen LogP contribution in [0.15, 0.2) is 34.9 Å². The SMILES string of the molecule is CCC(C)N(CC(=O)Nc1cc(C)on1)C(=O)c1ccc(Cl)cc1. The number of benzene rings is 1. The van der Waals surface area contributed by atoms with Crippen LogP contribution in [0.3, 0.4) is 0 Å². The average molecular weight is 350 g/mol. The molecular formula is C17H20ClN3O3. The van der Waals surface area contributed by atoms with Crippen molar-refractivity contribution in [2.24, 2.45) is 0 Å². The standard InChI is InChI=1S/C17H20ClN3O3/c1-4-11(2)21(17(23)13-5-7-14(18)8-6-13)10-16(22)19-15-9-12(3)24-20-15/h5-9,11H,4,10H2,1-3H3,(H,19,20,22). The van der Waals surface area contributed by atoms with E-state index in [4.69, 9.17) is 16.1 Å². The van der Waals surface area contributed by atoms with Gasteiger partial charge in [-0.15, -0.1) is 0 Å². The second-order valence-corrected chi connectivity index (χ2v) is 6.00. The third-order valence-corrected chi connectivity index (χ3v) is 3.94. The van der Waals surface area contributed by atoms with Crippen LogP contribution >= 0.6 is 11.6 Å². The van der Waals surface area contributed by atoms with E-state index in [1.807, 2.05) is 13.8 Å². The van der Waals surface area contributed by atoms with Gasteiger partial charge in [-0.25, -0.2) is 0 Å². The van der Waals surface area contributed by atoms with Gasteiger partial charge in [0.25, 0.3) is 5.91 Å². The minimum Gasteiger partial charge on any atom is -0.360 e. The molecule has 1 unspecified atom stereocenters. The van der Waals surface area contributed by atoms with Gasteiger partial charge in [0, 0.05) is 22.7 Å². The normalized spacial score (nSPS) is 11.8. The molecule has 0 saturated carbocycles. The Kier molecular flexibility index (Phi) is 5.98. The summed E-state index contributed by atoms with van der Waals surface area (Å²) in [5.41, 5.74) is 0.491. The van der Waals surface area contributed by atoms with Gasteiger partial charge in [-0.3, -0.25) is 9.59 Å². The number of aromatic nitrogens is 1. The Morgan fingerprint density at radius 1 is 1.33 bits per heavy atom. The van der Waals surface area contributed by atoms with Crippen LogP contribution in [-0.2, 0) is 4.79 Å². The van der Waals surface area contributed by atoms with Gasteiger partial charge >= 0.3 is 0 Å². The summed E-state index contributed by atoms with van der Waals surface area (Å²) >= 11 is 5.86. The predicted octanol–water partition coefficient (Wildman–Crippen LogP) is 3.52. The molecule has 24 heavy (non-hydrogen) atoms. The average Bonchev–Trinajstić information content (AvgIpc) is 2.96. The summed E-state index contributed by atoms with van der Waals surface area (Å²) in [6.07, 6.45) is 0.732. The molecule has 2 aromatic rings. The van der Waals surface area contributed by atoms with Gasteiger partial charge in [-0.2, -0.15) is 0 Å². The van der Waals surface area contributed by atoms with E-state index in [1.165, 1.54) is 4.90 Å². The van der Waals surface area contributed by atoms with Crippen molar-refractivity contribution in [3.05, 3.63) is 46.7 Å². The molecule has 0 saturated heterocycles. The van der Waals surface area contributed by atoms with Gasteiger partial charge in [0.05, 0.1) is 0 Å². The van der Waals surface area contributed by atoms with Gasteiger partial charge < -0.3 is 14.7 Å². The molecule has 1 atom stereocenters. The fourth-order valence-corrected chi connectivity index (χ4v) is 2.29. The molecule has 1 heterocycles. The van der Waals surface area contributed by atoms with Crippen molar-refractivity contribution in [3.63, 3.8) is 0 Å². The minimum atomic E-state index is -0.328. The van der Waals surface area contributed by atoms with Gasteiger partial charge in [0.2, 0.25) is 5.91 Å². The molecule has 1 aromatic heterocycles. The van der Waals surface area contributed by atoms with Crippen molar-refractivity contribution in [2.45, 2.75) is 33.2 Å². The molecule has 1 aromatic carbocycles. The number of amides is 2. The van der Waals surface area contributed by atoms with E-state index in [9.17, 15) is 9.59 Å². The van der Waals surface area contributed by atoms with Crippen LogP contribution in [0.5, 0.6) is 0 Å². The first kappa shape index (κ1) is 18.0. The van der Waals surface area contributed by atoms with E-state index in [1.54, 1.807) is 37.3 Å². The van der Waals surface area contributed by atoms with Crippen LogP contribution in [0.2, 0.25) is 5.02 Å². The molecule has 128 valence electrons. The third kappa shape index (κ3) is 4.58. The molecule has 0 aliphatic heterocycles. The van der Waals surface area contributed by atoms with E-state index >= 15 is 0 Å². The summed E-state index contributed by atoms with van der Waals surface area (Å²) in [4.78, 5) is 26.5. The fourth-order valence-electron chi connectivity index (χ4n) is 2.17. The summed E-state index contributed by atoms with van der Waals surface area (Å²) in [7, 11) is 0. The number of halogens is 1. The molecule has 1 N–H and O–H groups in total. The molecule has 2 amide bonds. The van der Waals surface area contributed by atoms with Crippen molar-refractivity contribution < 1.29 is 14.1 Å². The molecule has 2 rings (SSSR count). The van der Waals surface area contributed by atoms with Crippen LogP contribution in [-0.4, -0.2) is 34.5 Å². The monoisotopic (exact) mass is 349 g/mol. The van der Waals surface area contributed by atoms with Gasteiger partial charge in [0.15, 0.2) is 5.82 Å². The van der Waals surface area contributed by atoms with Crippen LogP contribution in [0.4, 0.5) is 5.82 Å². The van der Waals surface area contributed by atoms with Crippen molar-refractivity contribution in [2.75, 3.05) is 11.9 Å². The topological polar surface area (TPSA) is 75.4 Å². The number of carbonyl (C=O) groups excluding carboxylic acids is 2. The highest BCUT2D eigenvalue weighted by molar-refractivity contribution is 6.30. The van der Waals surface area contributed by atoms with E-state index in [-0.39, 0.29) is 24.4 Å². The van der Waals surface area contributed by atoms with Gasteiger partial charge in [-0.1, -0.05) is 23.7 Å². The highest BCUT2D eigenvalue weighted by atomic mass is 35.5. The lowest BCUT2D eigenvalue weighted by Gasteiger charge is -2.28. The summed E-state index contributed by atoms with van der Waals surface area (Å²) < 4.78 is 4.91. The first-order valence-electron chi connectivity index (χ1n) is 7.70. The highest BCUT2D eigenvalue weighted by Crippen LogP contribution is 2.15. The Balaban J connectivity index is 2.11. The summed E-state index contributed by atoms with van der Waals surface area (Å²) in [6.45, 7) is 5.54. The van der Waals surface area contributed by atoms with E-state index in [0.29, 0.717) is 22.2 Å². The van der Waals surface area contributed by atoms with E-state index in [0.717, 1.165) is 6.42 Å². The summed E-state index contributed by atoms with van der Waals surface area (Å²) in [5, 5.41) is 6.90. The van der Waals surface area contributed by atoms with Crippen molar-refractivity contribution in [1.82, 2.24) is 10.1 Å². The molecule has 0 fully saturated rings. The lowest BCUT2D eigenvalue weighted by atomic mass is 10.1. The number of aryl methyl sites for hydroxylation is 1. The maximum atomic E-state index is 12.7. The number of nitrogens with zero attached hydrogens (tertiary/aromatic N) is 2. The third-order valence-electron chi connectivity index (χ3n) is 3.68. The zero-order valence-corrected chi connectivity index (χ0v) is 14.6. The molecule has 0 aliphatic carbocycles. The number of rotatable bonds is 6. The zero-order chi connectivity index (χ0) is 17.7. The van der Waals surface area contributed by atoms with Gasteiger partial charge in [-0.05, 0) is 44.5 Å². The minimum absolute atomic E-state index is 0.0671. The molecular weight excluding hydrogens is 330 g/mol. The number of hydrogen-bond donors (Lipinski definition) is 1.